The molecule has 1 heterocycles. The van der Waals surface area contributed by atoms with Gasteiger partial charge >= 0.3 is 0 Å². The van der Waals surface area contributed by atoms with E-state index in [1.807, 2.05) is 57.2 Å². The molecule has 2 atom stereocenters. The number of aliphatic hydroxyl groups is 1. The van der Waals surface area contributed by atoms with Crippen molar-refractivity contribution < 1.29 is 19.4 Å². The Hall–Kier alpha value is -4.29. The molecule has 1 amide bonds. The summed E-state index contributed by atoms with van der Waals surface area (Å²) < 4.78 is 10.6. The summed E-state index contributed by atoms with van der Waals surface area (Å²) in [6.07, 6.45) is 0.824. The molecule has 1 aliphatic rings. The van der Waals surface area contributed by atoms with E-state index < -0.39 is 6.10 Å². The van der Waals surface area contributed by atoms with E-state index in [1.54, 1.807) is 31.4 Å². The van der Waals surface area contributed by atoms with Crippen molar-refractivity contribution >= 4 is 23.0 Å². The first-order valence-corrected chi connectivity index (χ1v) is 13.0. The Morgan fingerprint density at radius 2 is 1.85 bits per heavy atom. The van der Waals surface area contributed by atoms with Crippen LogP contribution in [0.5, 0.6) is 5.75 Å². The van der Waals surface area contributed by atoms with Crippen LogP contribution >= 0.6 is 0 Å². The van der Waals surface area contributed by atoms with Crippen LogP contribution in [-0.4, -0.2) is 61.5 Å². The van der Waals surface area contributed by atoms with Gasteiger partial charge in [0.1, 0.15) is 30.6 Å². The maximum Gasteiger partial charge on any atom is 0.240 e. The number of hydrogen-bond acceptors (Lipinski definition) is 10. The normalized spacial score (nSPS) is 14.8. The fourth-order valence-electron chi connectivity index (χ4n) is 3.51. The van der Waals surface area contributed by atoms with E-state index in [2.05, 4.69) is 26.4 Å². The molecule has 0 fully saturated rings. The van der Waals surface area contributed by atoms with E-state index in [4.69, 9.17) is 20.0 Å². The first-order valence-electron chi connectivity index (χ1n) is 13.0. The number of carbonyl (C=O) groups excluding carboxylic acids is 1. The molecule has 0 bridgehead atoms. The van der Waals surface area contributed by atoms with Crippen molar-refractivity contribution in [2.24, 2.45) is 16.1 Å². The number of aliphatic hydroxyl groups excluding tert-OH is 1. The number of methoxy groups -OCH3 is 1. The van der Waals surface area contributed by atoms with Crippen LogP contribution in [0.4, 0.5) is 5.69 Å². The van der Waals surface area contributed by atoms with Crippen molar-refractivity contribution in [1.29, 1.82) is 10.5 Å². The first kappa shape index (κ1) is 31.9. The molecule has 0 saturated carbocycles. The zero-order chi connectivity index (χ0) is 29.3. The van der Waals surface area contributed by atoms with Crippen LogP contribution in [0, 0.1) is 28.6 Å². The van der Waals surface area contributed by atoms with Gasteiger partial charge in [-0.15, -0.1) is 0 Å². The highest BCUT2D eigenvalue weighted by Gasteiger charge is 2.21. The molecule has 212 valence electrons. The lowest BCUT2D eigenvalue weighted by Gasteiger charge is -2.19. The molecule has 3 rings (SSSR count). The van der Waals surface area contributed by atoms with Crippen LogP contribution < -0.4 is 20.9 Å². The fraction of sp³-hybridized carbons (Fsp3) is 0.414. The Bertz CT molecular complexity index is 1200. The van der Waals surface area contributed by atoms with Gasteiger partial charge in [-0.2, -0.15) is 20.7 Å². The quantitative estimate of drug-likeness (QED) is 0.233. The highest BCUT2D eigenvalue weighted by Crippen LogP contribution is 2.18. The maximum absolute atomic E-state index is 11.2. The van der Waals surface area contributed by atoms with Gasteiger partial charge in [0.15, 0.2) is 0 Å². The largest absolute Gasteiger partial charge is 0.491 e. The number of nitrogens with one attached hydrogen (secondary N) is 3. The number of nitriles is 2. The molecule has 4 N–H and O–H groups in total. The highest BCUT2D eigenvalue weighted by molar-refractivity contribution is 6.10. The van der Waals surface area contributed by atoms with E-state index in [0.29, 0.717) is 31.3 Å². The lowest BCUT2D eigenvalue weighted by atomic mass is 9.94. The third-order valence-electron chi connectivity index (χ3n) is 5.67. The summed E-state index contributed by atoms with van der Waals surface area (Å²) in [7, 11) is 1.70. The minimum atomic E-state index is -0.490. The fourth-order valence-corrected chi connectivity index (χ4v) is 3.51. The summed E-state index contributed by atoms with van der Waals surface area (Å²) in [5, 5.41) is 37.8. The molecule has 40 heavy (non-hydrogen) atoms. The zero-order valence-corrected chi connectivity index (χ0v) is 23.3. The van der Waals surface area contributed by atoms with Crippen molar-refractivity contribution in [3.05, 3.63) is 59.7 Å². The Morgan fingerprint density at radius 1 is 1.18 bits per heavy atom. The number of rotatable bonds is 12. The summed E-state index contributed by atoms with van der Waals surface area (Å²) in [6, 6.07) is 18.8. The summed E-state index contributed by atoms with van der Waals surface area (Å²) in [6.45, 7) is 7.61. The third kappa shape index (κ3) is 11.6. The molecular weight excluding hydrogens is 510 g/mol. The number of hydrogen-bond donors (Lipinski definition) is 4. The van der Waals surface area contributed by atoms with Crippen LogP contribution in [0.25, 0.3) is 0 Å². The molecule has 0 spiro atoms. The van der Waals surface area contributed by atoms with Gasteiger partial charge in [-0.05, 0) is 41.8 Å². The second-order valence-corrected chi connectivity index (χ2v) is 9.42. The predicted molar refractivity (Wildman–Crippen MR) is 154 cm³/mol. The van der Waals surface area contributed by atoms with Crippen molar-refractivity contribution in [1.82, 2.24) is 10.7 Å². The third-order valence-corrected chi connectivity index (χ3v) is 5.67. The van der Waals surface area contributed by atoms with E-state index in [0.717, 1.165) is 30.1 Å². The van der Waals surface area contributed by atoms with E-state index in [-0.39, 0.29) is 17.5 Å². The number of anilines is 1. The Kier molecular flexibility index (Phi) is 13.8. The van der Waals surface area contributed by atoms with Crippen LogP contribution in [-0.2, 0) is 16.0 Å². The molecule has 1 unspecified atom stereocenters. The molecular formula is C29H37N7O4. The van der Waals surface area contributed by atoms with Crippen LogP contribution in [0.3, 0.4) is 0 Å². The smallest absolute Gasteiger partial charge is 0.240 e. The Labute approximate surface area is 235 Å². The summed E-state index contributed by atoms with van der Waals surface area (Å²) in [4.78, 5) is 11.2. The molecule has 1 aliphatic heterocycles. The number of amides is 1. The summed E-state index contributed by atoms with van der Waals surface area (Å²) >= 11 is 0. The zero-order valence-electron chi connectivity index (χ0n) is 23.3. The van der Waals surface area contributed by atoms with Crippen LogP contribution in [0.15, 0.2) is 58.7 Å². The lowest BCUT2D eigenvalue weighted by Crippen LogP contribution is -2.35. The average molecular weight is 548 g/mol. The number of benzene rings is 2. The van der Waals surface area contributed by atoms with Crippen molar-refractivity contribution in [2.75, 3.05) is 32.3 Å². The Balaban J connectivity index is 0.000000282. The molecule has 2 aromatic carbocycles. The molecule has 0 radical (unpaired) electrons. The van der Waals surface area contributed by atoms with Gasteiger partial charge in [-0.3, -0.25) is 10.2 Å². The van der Waals surface area contributed by atoms with E-state index in [1.165, 1.54) is 5.56 Å². The molecule has 0 aliphatic carbocycles. The number of nitrogens with zero attached hydrogens (tertiary/aromatic N) is 4. The van der Waals surface area contributed by atoms with Crippen molar-refractivity contribution in [3.8, 4) is 17.9 Å². The van der Waals surface area contributed by atoms with Gasteiger partial charge < -0.3 is 19.9 Å². The van der Waals surface area contributed by atoms with Crippen LogP contribution in [0.2, 0.25) is 0 Å². The van der Waals surface area contributed by atoms with Gasteiger partial charge in [0.25, 0.3) is 0 Å². The molecule has 11 heteroatoms. The van der Waals surface area contributed by atoms with Gasteiger partial charge in [0, 0.05) is 32.0 Å². The maximum atomic E-state index is 11.2. The van der Waals surface area contributed by atoms with Crippen molar-refractivity contribution in [3.63, 3.8) is 0 Å². The van der Waals surface area contributed by atoms with Gasteiger partial charge in [-0.1, -0.05) is 45.0 Å². The molecule has 2 aromatic rings. The first-order chi connectivity index (χ1) is 19.2. The monoisotopic (exact) mass is 547 g/mol. The minimum absolute atomic E-state index is 0.0550. The van der Waals surface area contributed by atoms with Gasteiger partial charge in [0.2, 0.25) is 11.6 Å². The minimum Gasteiger partial charge on any atom is -0.491 e. The standard InChI is InChI=1S/C15H25NO3.C14H12N6O/c1-12(2)16-10-14(17)11-19-15-6-4-13(5-7-15)8-9-18-3;1-9-6-13(21)19-20-14(9)10-2-4-11(5-3-10)17-18-12(7-15)8-16/h4-7,12,14,16-17H,8-11H2,1-3H3;2-5,9,17H,6H2,1H3,(H,19,21)/t;9-/m.1/s1. The van der Waals surface area contributed by atoms with E-state index >= 15 is 0 Å². The number of carbonyl (C=O) groups is 1. The number of ether oxygens (including phenoxy) is 2. The second-order valence-electron chi connectivity index (χ2n) is 9.42. The van der Waals surface area contributed by atoms with Crippen LogP contribution in [0.1, 0.15) is 38.3 Å². The van der Waals surface area contributed by atoms with Crippen molar-refractivity contribution in [2.45, 2.75) is 45.8 Å². The number of hydrazone groups is 2. The van der Waals surface area contributed by atoms with E-state index in [9.17, 15) is 9.90 Å². The molecule has 0 aromatic heterocycles. The lowest BCUT2D eigenvalue weighted by molar-refractivity contribution is -0.121. The van der Waals surface area contributed by atoms with Gasteiger partial charge in [-0.25, -0.2) is 5.43 Å². The highest BCUT2D eigenvalue weighted by atomic mass is 16.5. The summed E-state index contributed by atoms with van der Waals surface area (Å²) in [5.74, 6) is 0.753. The second kappa shape index (κ2) is 17.3. The molecule has 0 saturated heterocycles. The topological polar surface area (TPSA) is 164 Å². The Morgan fingerprint density at radius 3 is 2.42 bits per heavy atom. The predicted octanol–water partition coefficient (Wildman–Crippen LogP) is 2.97. The SMILES string of the molecule is COCCc1ccc(OCC(O)CNC(C)C)cc1.C[C@@H]1CC(=O)NN=C1c1ccc(NN=C(C#N)C#N)cc1. The summed E-state index contributed by atoms with van der Waals surface area (Å²) in [5.41, 5.74) is 8.44. The average Bonchev–Trinajstić information content (AvgIpc) is 2.96. The van der Waals surface area contributed by atoms with Gasteiger partial charge in [0.05, 0.1) is 18.0 Å². The molecule has 11 nitrogen and oxygen atoms in total.